The van der Waals surface area contributed by atoms with Gasteiger partial charge in [-0.25, -0.2) is 0 Å². The van der Waals surface area contributed by atoms with E-state index in [9.17, 15) is 0 Å². The molecule has 0 atom stereocenters. The van der Waals surface area contributed by atoms with Crippen LogP contribution in [0.3, 0.4) is 0 Å². The van der Waals surface area contributed by atoms with Crippen LogP contribution in [0.15, 0.2) is 29.4 Å². The average molecular weight is 276 g/mol. The number of aromatic amines is 1. The van der Waals surface area contributed by atoms with Gasteiger partial charge in [0.05, 0.1) is 12.8 Å². The molecule has 0 aliphatic carbocycles. The van der Waals surface area contributed by atoms with Crippen molar-refractivity contribution in [2.75, 3.05) is 7.11 Å². The maximum atomic E-state index is 5.16. The molecule has 0 saturated carbocycles. The molecule has 1 heterocycles. The molecular weight excluding hydrogens is 260 g/mol. The Bertz CT molecular complexity index is 639. The monoisotopic (exact) mass is 276 g/mol. The summed E-state index contributed by atoms with van der Waals surface area (Å²) in [6, 6.07) is 7.74. The Hall–Kier alpha value is -1.95. The number of aryl methyl sites for hydroxylation is 1. The number of nitrogens with one attached hydrogen (secondary N) is 1. The molecule has 0 aliphatic heterocycles. The Morgan fingerprint density at radius 2 is 2.11 bits per heavy atom. The van der Waals surface area contributed by atoms with E-state index in [1.165, 1.54) is 0 Å². The first-order chi connectivity index (χ1) is 9.15. The molecule has 6 heteroatoms. The third-order valence-corrected chi connectivity index (χ3v) is 3.06. The van der Waals surface area contributed by atoms with Crippen LogP contribution in [-0.4, -0.2) is 27.7 Å². The van der Waals surface area contributed by atoms with Crippen LogP contribution in [-0.2, 0) is 6.42 Å². The van der Waals surface area contributed by atoms with Gasteiger partial charge < -0.3 is 4.74 Å². The van der Waals surface area contributed by atoms with Crippen molar-refractivity contribution in [2.24, 2.45) is 5.10 Å². The van der Waals surface area contributed by atoms with Crippen molar-refractivity contribution in [3.05, 3.63) is 40.4 Å². The van der Waals surface area contributed by atoms with Crippen LogP contribution in [0, 0.1) is 4.77 Å². The lowest BCUT2D eigenvalue weighted by atomic mass is 10.1. The molecule has 1 aromatic heterocycles. The smallest absolute Gasteiger partial charge is 0.216 e. The Morgan fingerprint density at radius 3 is 2.68 bits per heavy atom. The summed E-state index contributed by atoms with van der Waals surface area (Å²) in [6.07, 6.45) is 0.770. The molecule has 0 amide bonds. The van der Waals surface area contributed by atoms with Gasteiger partial charge in [0.15, 0.2) is 5.82 Å². The lowest BCUT2D eigenvalue weighted by molar-refractivity contribution is 0.415. The van der Waals surface area contributed by atoms with Crippen LogP contribution in [0.1, 0.15) is 25.2 Å². The molecule has 0 spiro atoms. The van der Waals surface area contributed by atoms with Gasteiger partial charge >= 0.3 is 0 Å². The van der Waals surface area contributed by atoms with Crippen molar-refractivity contribution in [1.29, 1.82) is 0 Å². The van der Waals surface area contributed by atoms with E-state index >= 15 is 0 Å². The van der Waals surface area contributed by atoms with Gasteiger partial charge in [-0.3, -0.25) is 5.10 Å². The van der Waals surface area contributed by atoms with Crippen molar-refractivity contribution >= 4 is 17.9 Å². The van der Waals surface area contributed by atoms with Crippen LogP contribution in [0.2, 0.25) is 0 Å². The zero-order chi connectivity index (χ0) is 13.8. The summed E-state index contributed by atoms with van der Waals surface area (Å²) in [4.78, 5) is 0. The number of hydrogen-bond donors (Lipinski definition) is 1. The molecule has 0 fully saturated rings. The molecule has 0 radical (unpaired) electrons. The summed E-state index contributed by atoms with van der Waals surface area (Å²) in [7, 11) is 1.65. The number of H-pyrrole nitrogens is 1. The van der Waals surface area contributed by atoms with Crippen LogP contribution in [0.4, 0.5) is 0 Å². The predicted molar refractivity (Wildman–Crippen MR) is 77.4 cm³/mol. The summed E-state index contributed by atoms with van der Waals surface area (Å²) in [6.45, 7) is 3.95. The maximum absolute atomic E-state index is 5.16. The first-order valence-corrected chi connectivity index (χ1v) is 6.42. The Morgan fingerprint density at radius 1 is 1.42 bits per heavy atom. The first kappa shape index (κ1) is 13.5. The fourth-order valence-electron chi connectivity index (χ4n) is 1.70. The van der Waals surface area contributed by atoms with Gasteiger partial charge in [-0.2, -0.15) is 14.9 Å². The second-order valence-electron chi connectivity index (χ2n) is 4.02. The van der Waals surface area contributed by atoms with Gasteiger partial charge in [-0.15, -0.1) is 0 Å². The van der Waals surface area contributed by atoms with Gasteiger partial charge in [0, 0.05) is 6.42 Å². The highest BCUT2D eigenvalue weighted by molar-refractivity contribution is 7.71. The topological polar surface area (TPSA) is 55.2 Å². The third kappa shape index (κ3) is 2.90. The number of hydrogen-bond acceptors (Lipinski definition) is 4. The van der Waals surface area contributed by atoms with E-state index in [4.69, 9.17) is 17.0 Å². The van der Waals surface area contributed by atoms with Gasteiger partial charge in [-0.05, 0) is 49.0 Å². The van der Waals surface area contributed by atoms with Crippen molar-refractivity contribution < 1.29 is 4.74 Å². The lowest BCUT2D eigenvalue weighted by Crippen LogP contribution is -2.03. The molecule has 0 bridgehead atoms. The minimum Gasteiger partial charge on any atom is -0.497 e. The zero-order valence-corrected chi connectivity index (χ0v) is 12.0. The highest BCUT2D eigenvalue weighted by Gasteiger charge is 2.04. The van der Waals surface area contributed by atoms with Gasteiger partial charge in [0.1, 0.15) is 5.75 Å². The lowest BCUT2D eigenvalue weighted by Gasteiger charge is -2.04. The van der Waals surface area contributed by atoms with Gasteiger partial charge in [-0.1, -0.05) is 6.92 Å². The van der Waals surface area contributed by atoms with E-state index in [-0.39, 0.29) is 0 Å². The van der Waals surface area contributed by atoms with Gasteiger partial charge in [0.2, 0.25) is 4.77 Å². The van der Waals surface area contributed by atoms with Crippen LogP contribution < -0.4 is 4.74 Å². The van der Waals surface area contributed by atoms with Crippen molar-refractivity contribution in [2.45, 2.75) is 20.3 Å². The fraction of sp³-hybridized carbons (Fsp3) is 0.308. The number of ether oxygens (including phenoxy) is 1. The molecule has 1 N–H and O–H groups in total. The standard InChI is InChI=1S/C13H16N4OS/c1-4-12-14-15-13(19)17(12)16-9(2)10-5-7-11(18-3)8-6-10/h5-8H,4H2,1-3H3,(H,15,19). The van der Waals surface area contributed by atoms with E-state index in [1.807, 2.05) is 38.1 Å². The Labute approximate surface area is 116 Å². The number of methoxy groups -OCH3 is 1. The fourth-order valence-corrected chi connectivity index (χ4v) is 1.89. The molecule has 5 nitrogen and oxygen atoms in total. The summed E-state index contributed by atoms with van der Waals surface area (Å²) in [5.74, 6) is 1.64. The normalized spacial score (nSPS) is 11.6. The number of nitrogens with zero attached hydrogens (tertiary/aromatic N) is 3. The maximum Gasteiger partial charge on any atom is 0.216 e. The molecule has 0 saturated heterocycles. The van der Waals surface area contributed by atoms with Crippen LogP contribution in [0.25, 0.3) is 0 Å². The Balaban J connectivity index is 2.36. The van der Waals surface area contributed by atoms with Crippen LogP contribution >= 0.6 is 12.2 Å². The van der Waals surface area contributed by atoms with Gasteiger partial charge in [0.25, 0.3) is 0 Å². The van der Waals surface area contributed by atoms with E-state index in [2.05, 4.69) is 15.3 Å². The number of benzene rings is 1. The minimum absolute atomic E-state index is 0.504. The predicted octanol–water partition coefficient (Wildman–Crippen LogP) is 2.78. The second-order valence-corrected chi connectivity index (χ2v) is 4.41. The first-order valence-electron chi connectivity index (χ1n) is 6.02. The molecule has 2 aromatic rings. The Kier molecular flexibility index (Phi) is 4.11. The zero-order valence-electron chi connectivity index (χ0n) is 11.2. The van der Waals surface area contributed by atoms with Crippen molar-refractivity contribution in [1.82, 2.24) is 14.9 Å². The SMILES string of the molecule is CCc1n[nH]c(=S)n1N=C(C)c1ccc(OC)cc1. The summed E-state index contributed by atoms with van der Waals surface area (Å²) >= 11 is 5.16. The largest absolute Gasteiger partial charge is 0.497 e. The quantitative estimate of drug-likeness (QED) is 0.690. The molecule has 0 unspecified atom stereocenters. The van der Waals surface area contributed by atoms with E-state index in [1.54, 1.807) is 11.8 Å². The molecular formula is C13H16N4OS. The minimum atomic E-state index is 0.504. The molecule has 1 aromatic carbocycles. The third-order valence-electron chi connectivity index (χ3n) is 2.79. The summed E-state index contributed by atoms with van der Waals surface area (Å²) in [5.41, 5.74) is 1.89. The molecule has 19 heavy (non-hydrogen) atoms. The molecule has 2 rings (SSSR count). The van der Waals surface area contributed by atoms with E-state index in [0.717, 1.165) is 29.3 Å². The molecule has 100 valence electrons. The molecule has 0 aliphatic rings. The second kappa shape index (κ2) is 5.79. The highest BCUT2D eigenvalue weighted by Crippen LogP contribution is 2.12. The summed E-state index contributed by atoms with van der Waals surface area (Å²) in [5, 5.41) is 11.4. The highest BCUT2D eigenvalue weighted by atomic mass is 32.1. The average Bonchev–Trinajstić information content (AvgIpc) is 2.79. The number of aromatic nitrogens is 3. The van der Waals surface area contributed by atoms with Crippen molar-refractivity contribution in [3.8, 4) is 5.75 Å². The van der Waals surface area contributed by atoms with E-state index < -0.39 is 0 Å². The van der Waals surface area contributed by atoms with Crippen LogP contribution in [0.5, 0.6) is 5.75 Å². The van der Waals surface area contributed by atoms with Crippen molar-refractivity contribution in [3.63, 3.8) is 0 Å². The van der Waals surface area contributed by atoms with E-state index in [0.29, 0.717) is 4.77 Å². The number of rotatable bonds is 4. The summed E-state index contributed by atoms with van der Waals surface area (Å²) < 4.78 is 7.30.